The zero-order valence-corrected chi connectivity index (χ0v) is 27.7. The minimum Gasteiger partial charge on any atom is -0.492 e. The van der Waals surface area contributed by atoms with Gasteiger partial charge >= 0.3 is 0 Å². The molecule has 11 nitrogen and oxygen atoms in total. The number of aromatic nitrogens is 4. The summed E-state index contributed by atoms with van der Waals surface area (Å²) in [5.41, 5.74) is 4.12. The van der Waals surface area contributed by atoms with Crippen LogP contribution in [0.3, 0.4) is 0 Å². The number of aryl methyl sites for hydroxylation is 1. The molecule has 1 amide bonds. The maximum Gasteiger partial charge on any atom is 0.277 e. The topological polar surface area (TPSA) is 121 Å². The Morgan fingerprint density at radius 3 is 2.59 bits per heavy atom. The lowest BCUT2D eigenvalue weighted by atomic mass is 10.1. The fourth-order valence-corrected chi connectivity index (χ4v) is 6.88. The standard InChI is InChI=1S/C37H34N6O5S/c1-27-10-12-33(13-11-27)49(45,46)43-26-35(40-37(44)31-23-39-42(25-31)24-28-6-3-2-4-7-28)34-21-30(22-38-36(34)43)29-8-5-9-32(20-29)48-19-16-41-14-17-47-18-15-41/h2-10,12,20-23,25-26H,14-19,24H2,1H3,(H,40,44). The molecule has 3 aromatic carbocycles. The third-order valence-electron chi connectivity index (χ3n) is 8.29. The molecule has 1 aliphatic rings. The molecular weight excluding hydrogens is 641 g/mol. The number of pyridine rings is 1. The van der Waals surface area contributed by atoms with Gasteiger partial charge in [-0.25, -0.2) is 8.96 Å². The van der Waals surface area contributed by atoms with Gasteiger partial charge in [0.2, 0.25) is 0 Å². The van der Waals surface area contributed by atoms with E-state index in [1.807, 2.05) is 60.7 Å². The molecule has 1 N–H and O–H groups in total. The first-order valence-electron chi connectivity index (χ1n) is 15.9. The molecule has 4 heterocycles. The van der Waals surface area contributed by atoms with Gasteiger partial charge in [-0.2, -0.15) is 13.5 Å². The highest BCUT2D eigenvalue weighted by molar-refractivity contribution is 7.90. The number of benzene rings is 2. The first kappa shape index (κ1) is 32.1. The Hall–Kier alpha value is -5.48. The second kappa shape index (κ2) is 13.9. The largest absolute Gasteiger partial charge is 0.492 e. The van der Waals surface area contributed by atoms with Crippen molar-refractivity contribution in [2.24, 2.45) is 0 Å². The maximum absolute atomic E-state index is 13.8. The Labute approximate surface area is 284 Å². The number of carbonyl (C=O) groups is 1. The quantitative estimate of drug-likeness (QED) is 0.203. The van der Waals surface area contributed by atoms with E-state index in [1.165, 1.54) is 18.5 Å². The van der Waals surface area contributed by atoms with Crippen LogP contribution < -0.4 is 10.1 Å². The van der Waals surface area contributed by atoms with Crippen molar-refractivity contribution in [2.75, 3.05) is 44.8 Å². The number of nitrogens with zero attached hydrogens (tertiary/aromatic N) is 5. The number of ether oxygens (including phenoxy) is 2. The molecule has 7 rings (SSSR count). The lowest BCUT2D eigenvalue weighted by Gasteiger charge is -2.26. The number of morpholine rings is 1. The number of rotatable bonds is 11. The van der Waals surface area contributed by atoms with Gasteiger partial charge in [-0.1, -0.05) is 48.5 Å². The summed E-state index contributed by atoms with van der Waals surface area (Å²) in [5.74, 6) is 0.269. The van der Waals surface area contributed by atoms with Crippen LogP contribution in [0.15, 0.2) is 102 Å². The Balaban J connectivity index is 1.19. The third-order valence-corrected chi connectivity index (χ3v) is 9.88. The lowest BCUT2D eigenvalue weighted by molar-refractivity contribution is 0.0322. The SMILES string of the molecule is Cc1c#cc(S(=O)(=O)n2cc(NC(=O)c3cnn(Cc4ccccc4)c3)c3cc(-c4cccc(OCCN5CCOCC5)c4)cnc32)cc1. The van der Waals surface area contributed by atoms with E-state index >= 15 is 0 Å². The summed E-state index contributed by atoms with van der Waals surface area (Å²) >= 11 is 0. The van der Waals surface area contributed by atoms with Gasteiger partial charge in [-0.05, 0) is 60.0 Å². The zero-order chi connectivity index (χ0) is 33.8. The van der Waals surface area contributed by atoms with Gasteiger partial charge in [-0.15, -0.1) is 0 Å². The molecule has 0 radical (unpaired) electrons. The molecule has 1 aliphatic heterocycles. The Kier molecular flexibility index (Phi) is 9.13. The van der Waals surface area contributed by atoms with Gasteiger partial charge in [0.05, 0.1) is 37.2 Å². The number of hydrogen-bond acceptors (Lipinski definition) is 8. The van der Waals surface area contributed by atoms with Gasteiger partial charge in [0.15, 0.2) is 5.65 Å². The van der Waals surface area contributed by atoms with Gasteiger partial charge in [0.25, 0.3) is 15.9 Å². The fourth-order valence-electron chi connectivity index (χ4n) is 5.64. The van der Waals surface area contributed by atoms with Crippen molar-refractivity contribution < 1.29 is 22.7 Å². The van der Waals surface area contributed by atoms with E-state index in [0.717, 1.165) is 59.1 Å². The summed E-state index contributed by atoms with van der Waals surface area (Å²) < 4.78 is 41.9. The highest BCUT2D eigenvalue weighted by Crippen LogP contribution is 2.33. The van der Waals surface area contributed by atoms with Crippen LogP contribution in [0.4, 0.5) is 5.69 Å². The van der Waals surface area contributed by atoms with Crippen LogP contribution in [0.2, 0.25) is 0 Å². The zero-order valence-electron chi connectivity index (χ0n) is 26.9. The van der Waals surface area contributed by atoms with Crippen molar-refractivity contribution >= 4 is 32.7 Å². The average molecular weight is 675 g/mol. The number of anilines is 1. The first-order chi connectivity index (χ1) is 23.8. The van der Waals surface area contributed by atoms with E-state index < -0.39 is 15.9 Å². The summed E-state index contributed by atoms with van der Waals surface area (Å²) in [6.07, 6.45) is 6.14. The van der Waals surface area contributed by atoms with Gasteiger partial charge < -0.3 is 14.8 Å². The smallest absolute Gasteiger partial charge is 0.277 e. The van der Waals surface area contributed by atoms with Crippen molar-refractivity contribution in [2.45, 2.75) is 18.4 Å². The van der Waals surface area contributed by atoms with Crippen LogP contribution in [-0.4, -0.2) is 77.4 Å². The van der Waals surface area contributed by atoms with E-state index in [4.69, 9.17) is 9.47 Å². The molecule has 0 atom stereocenters. The molecule has 0 aliphatic carbocycles. The summed E-state index contributed by atoms with van der Waals surface area (Å²) in [4.78, 5) is 20.4. The van der Waals surface area contributed by atoms with Crippen LogP contribution >= 0.6 is 0 Å². The maximum atomic E-state index is 13.8. The fraction of sp³-hybridized carbons (Fsp3) is 0.216. The Bertz CT molecular complexity index is 2190. The lowest BCUT2D eigenvalue weighted by Crippen LogP contribution is -2.38. The molecule has 49 heavy (non-hydrogen) atoms. The molecule has 0 saturated carbocycles. The second-order valence-corrected chi connectivity index (χ2v) is 13.5. The van der Waals surface area contributed by atoms with Gasteiger partial charge in [-0.3, -0.25) is 14.4 Å². The molecule has 0 spiro atoms. The molecule has 248 valence electrons. The van der Waals surface area contributed by atoms with E-state index in [-0.39, 0.29) is 16.2 Å². The third kappa shape index (κ3) is 7.19. The Morgan fingerprint density at radius 1 is 0.959 bits per heavy atom. The molecule has 12 heteroatoms. The van der Waals surface area contributed by atoms with Crippen LogP contribution in [0.25, 0.3) is 22.2 Å². The highest BCUT2D eigenvalue weighted by Gasteiger charge is 2.24. The molecule has 0 unspecified atom stereocenters. The number of amides is 1. The van der Waals surface area contributed by atoms with E-state index in [2.05, 4.69) is 32.4 Å². The molecular formula is C37H34N6O5S. The minimum atomic E-state index is -4.13. The number of carbonyl (C=O) groups excluding carboxylic acids is 1. The summed E-state index contributed by atoms with van der Waals surface area (Å²) in [6, 6.07) is 28.0. The van der Waals surface area contributed by atoms with E-state index in [9.17, 15) is 13.2 Å². The van der Waals surface area contributed by atoms with E-state index in [1.54, 1.807) is 30.1 Å². The highest BCUT2D eigenvalue weighted by atomic mass is 32.2. The molecule has 6 aromatic rings. The average Bonchev–Trinajstić information content (AvgIpc) is 3.74. The summed E-state index contributed by atoms with van der Waals surface area (Å²) in [7, 11) is -4.13. The molecule has 1 saturated heterocycles. The predicted octanol–water partition coefficient (Wildman–Crippen LogP) is 5.06. The van der Waals surface area contributed by atoms with Gasteiger partial charge in [0, 0.05) is 49.2 Å². The minimum absolute atomic E-state index is 0.0668. The van der Waals surface area contributed by atoms with Crippen molar-refractivity contribution in [3.8, 4) is 16.9 Å². The van der Waals surface area contributed by atoms with Crippen LogP contribution in [-0.2, 0) is 21.3 Å². The predicted molar refractivity (Wildman–Crippen MR) is 185 cm³/mol. The van der Waals surface area contributed by atoms with Crippen LogP contribution in [0.5, 0.6) is 5.75 Å². The molecule has 3 aromatic heterocycles. The van der Waals surface area contributed by atoms with Crippen molar-refractivity contribution in [3.05, 3.63) is 126 Å². The van der Waals surface area contributed by atoms with Gasteiger partial charge in [0.1, 0.15) is 17.3 Å². The molecule has 1 fully saturated rings. The monoisotopic (exact) mass is 674 g/mol. The van der Waals surface area contributed by atoms with Crippen molar-refractivity contribution in [3.63, 3.8) is 0 Å². The van der Waals surface area contributed by atoms with Crippen molar-refractivity contribution in [1.82, 2.24) is 23.6 Å². The number of hydrogen-bond donors (Lipinski definition) is 1. The van der Waals surface area contributed by atoms with Crippen LogP contribution in [0, 0.1) is 19.1 Å². The van der Waals surface area contributed by atoms with E-state index in [0.29, 0.717) is 29.9 Å². The van der Waals surface area contributed by atoms with Crippen molar-refractivity contribution in [1.29, 1.82) is 0 Å². The molecule has 0 bridgehead atoms. The normalized spacial score (nSPS) is 13.7. The second-order valence-electron chi connectivity index (χ2n) is 11.8. The summed E-state index contributed by atoms with van der Waals surface area (Å²) in [6.45, 7) is 6.88. The first-order valence-corrected chi connectivity index (χ1v) is 17.4. The summed E-state index contributed by atoms with van der Waals surface area (Å²) in [5, 5.41) is 7.70. The Morgan fingerprint density at radius 2 is 1.80 bits per heavy atom. The number of nitrogens with one attached hydrogen (secondary N) is 1. The number of fused-ring (bicyclic) bond motifs is 1. The van der Waals surface area contributed by atoms with Crippen LogP contribution in [0.1, 0.15) is 21.5 Å².